The van der Waals surface area contributed by atoms with Gasteiger partial charge in [-0.05, 0) is 12.8 Å². The molecule has 4 nitrogen and oxygen atoms in total. The molecule has 1 unspecified atom stereocenters. The normalized spacial score (nSPS) is 19.5. The van der Waals surface area contributed by atoms with E-state index in [0.29, 0.717) is 5.15 Å². The van der Waals surface area contributed by atoms with Crippen molar-refractivity contribution in [3.05, 3.63) is 16.7 Å². The molecule has 1 atom stereocenters. The van der Waals surface area contributed by atoms with E-state index in [1.807, 2.05) is 6.92 Å². The van der Waals surface area contributed by atoms with E-state index in [0.717, 1.165) is 37.3 Å². The molecule has 1 aliphatic rings. The molecule has 2 rings (SSSR count). The zero-order valence-corrected chi connectivity index (χ0v) is 10.00. The number of halogens is 1. The van der Waals surface area contributed by atoms with Gasteiger partial charge in [-0.3, -0.25) is 4.79 Å². The van der Waals surface area contributed by atoms with Crippen LogP contribution in [0.15, 0.2) is 0 Å². The van der Waals surface area contributed by atoms with Crippen molar-refractivity contribution in [2.75, 3.05) is 0 Å². The first-order valence-electron chi connectivity index (χ1n) is 5.60. The number of aryl methyl sites for hydroxylation is 1. The maximum absolute atomic E-state index is 10.8. The molecule has 1 N–H and O–H groups in total. The number of carboxylic acids is 1. The Labute approximate surface area is 99.2 Å². The highest BCUT2D eigenvalue weighted by atomic mass is 35.5. The fourth-order valence-electron chi connectivity index (χ4n) is 2.43. The first kappa shape index (κ1) is 11.5. The largest absolute Gasteiger partial charge is 0.481 e. The van der Waals surface area contributed by atoms with Gasteiger partial charge in [-0.15, -0.1) is 0 Å². The van der Waals surface area contributed by atoms with Crippen molar-refractivity contribution in [3.8, 4) is 0 Å². The van der Waals surface area contributed by atoms with E-state index in [4.69, 9.17) is 16.7 Å². The summed E-state index contributed by atoms with van der Waals surface area (Å²) in [4.78, 5) is 15.1. The third kappa shape index (κ3) is 1.94. The van der Waals surface area contributed by atoms with Gasteiger partial charge >= 0.3 is 5.97 Å². The van der Waals surface area contributed by atoms with Gasteiger partial charge in [0.15, 0.2) is 5.15 Å². The summed E-state index contributed by atoms with van der Waals surface area (Å²) >= 11 is 6.09. The van der Waals surface area contributed by atoms with Crippen molar-refractivity contribution in [1.82, 2.24) is 9.55 Å². The SMILES string of the molecule is CCc1nc(Cl)c2n1CCCC2CC(=O)O. The second-order valence-electron chi connectivity index (χ2n) is 4.15. The number of imidazole rings is 1. The molecule has 0 aliphatic carbocycles. The van der Waals surface area contributed by atoms with Crippen molar-refractivity contribution in [1.29, 1.82) is 0 Å². The predicted octanol–water partition coefficient (Wildman–Crippen LogP) is 2.45. The molecule has 0 amide bonds. The second kappa shape index (κ2) is 4.45. The molecule has 0 aromatic carbocycles. The fraction of sp³-hybridized carbons (Fsp3) is 0.636. The third-order valence-corrected chi connectivity index (χ3v) is 3.38. The average Bonchev–Trinajstić information content (AvgIpc) is 2.56. The van der Waals surface area contributed by atoms with Crippen LogP contribution in [0, 0.1) is 0 Å². The van der Waals surface area contributed by atoms with Crippen molar-refractivity contribution in [3.63, 3.8) is 0 Å². The van der Waals surface area contributed by atoms with E-state index in [-0.39, 0.29) is 12.3 Å². The Hall–Kier alpha value is -1.03. The molecule has 0 radical (unpaired) electrons. The molecule has 0 spiro atoms. The summed E-state index contributed by atoms with van der Waals surface area (Å²) < 4.78 is 2.10. The van der Waals surface area contributed by atoms with Crippen molar-refractivity contribution < 1.29 is 9.90 Å². The molecule has 2 heterocycles. The Morgan fingerprint density at radius 2 is 2.44 bits per heavy atom. The summed E-state index contributed by atoms with van der Waals surface area (Å²) in [5, 5.41) is 9.36. The lowest BCUT2D eigenvalue weighted by Gasteiger charge is -2.24. The van der Waals surface area contributed by atoms with Crippen LogP contribution in [0.2, 0.25) is 5.15 Å². The fourth-order valence-corrected chi connectivity index (χ4v) is 2.79. The van der Waals surface area contributed by atoms with Gasteiger partial charge in [-0.25, -0.2) is 4.98 Å². The Morgan fingerprint density at radius 3 is 3.06 bits per heavy atom. The molecule has 1 aliphatic heterocycles. The molecule has 0 saturated carbocycles. The van der Waals surface area contributed by atoms with Crippen LogP contribution in [-0.4, -0.2) is 20.6 Å². The average molecular weight is 243 g/mol. The molecule has 16 heavy (non-hydrogen) atoms. The summed E-state index contributed by atoms with van der Waals surface area (Å²) in [7, 11) is 0. The van der Waals surface area contributed by atoms with E-state index in [2.05, 4.69) is 9.55 Å². The number of hydrogen-bond donors (Lipinski definition) is 1. The molecule has 1 aromatic rings. The molecule has 0 bridgehead atoms. The summed E-state index contributed by atoms with van der Waals surface area (Å²) in [6.45, 7) is 2.95. The lowest BCUT2D eigenvalue weighted by molar-refractivity contribution is -0.137. The number of carbonyl (C=O) groups is 1. The summed E-state index contributed by atoms with van der Waals surface area (Å²) in [6, 6.07) is 0. The molecule has 0 fully saturated rings. The maximum Gasteiger partial charge on any atom is 0.304 e. The van der Waals surface area contributed by atoms with E-state index >= 15 is 0 Å². The Morgan fingerprint density at radius 1 is 1.69 bits per heavy atom. The molecule has 5 heteroatoms. The van der Waals surface area contributed by atoms with Crippen LogP contribution in [0.5, 0.6) is 0 Å². The van der Waals surface area contributed by atoms with Crippen LogP contribution in [0.3, 0.4) is 0 Å². The van der Waals surface area contributed by atoms with Gasteiger partial charge < -0.3 is 9.67 Å². The number of nitrogens with zero attached hydrogens (tertiary/aromatic N) is 2. The van der Waals surface area contributed by atoms with Gasteiger partial charge in [0.05, 0.1) is 12.1 Å². The summed E-state index contributed by atoms with van der Waals surface area (Å²) in [5.41, 5.74) is 0.923. The highest BCUT2D eigenvalue weighted by Gasteiger charge is 2.28. The smallest absolute Gasteiger partial charge is 0.304 e. The van der Waals surface area contributed by atoms with Crippen LogP contribution in [0.4, 0.5) is 0 Å². The molecule has 1 aromatic heterocycles. The second-order valence-corrected chi connectivity index (χ2v) is 4.50. The third-order valence-electron chi connectivity index (χ3n) is 3.10. The summed E-state index contributed by atoms with van der Waals surface area (Å²) in [5.74, 6) is 0.218. The van der Waals surface area contributed by atoms with Crippen LogP contribution >= 0.6 is 11.6 Å². The van der Waals surface area contributed by atoms with Crippen molar-refractivity contribution in [2.45, 2.75) is 45.1 Å². The number of fused-ring (bicyclic) bond motifs is 1. The molecule has 88 valence electrons. The molecular formula is C11H15ClN2O2. The zero-order chi connectivity index (χ0) is 11.7. The Balaban J connectivity index is 2.37. The van der Waals surface area contributed by atoms with E-state index in [9.17, 15) is 4.79 Å². The maximum atomic E-state index is 10.8. The number of hydrogen-bond acceptors (Lipinski definition) is 2. The van der Waals surface area contributed by atoms with Crippen LogP contribution in [0.1, 0.15) is 43.6 Å². The van der Waals surface area contributed by atoms with Gasteiger partial charge in [-0.2, -0.15) is 0 Å². The topological polar surface area (TPSA) is 55.1 Å². The van der Waals surface area contributed by atoms with Gasteiger partial charge in [0, 0.05) is 18.9 Å². The lowest BCUT2D eigenvalue weighted by atomic mass is 9.93. The standard InChI is InChI=1S/C11H15ClN2O2/c1-2-8-13-11(12)10-7(6-9(15)16)4-3-5-14(8)10/h7H,2-6H2,1H3,(H,15,16). The summed E-state index contributed by atoms with van der Waals surface area (Å²) in [6.07, 6.45) is 2.87. The minimum absolute atomic E-state index is 0.0200. The van der Waals surface area contributed by atoms with Gasteiger partial charge in [0.25, 0.3) is 0 Å². The minimum Gasteiger partial charge on any atom is -0.481 e. The van der Waals surface area contributed by atoms with Gasteiger partial charge in [0.2, 0.25) is 0 Å². The quantitative estimate of drug-likeness (QED) is 0.886. The van der Waals surface area contributed by atoms with Crippen LogP contribution < -0.4 is 0 Å². The number of rotatable bonds is 3. The monoisotopic (exact) mass is 242 g/mol. The van der Waals surface area contributed by atoms with Crippen LogP contribution in [-0.2, 0) is 17.8 Å². The van der Waals surface area contributed by atoms with E-state index in [1.54, 1.807) is 0 Å². The van der Waals surface area contributed by atoms with Gasteiger partial charge in [0.1, 0.15) is 5.82 Å². The number of aliphatic carboxylic acids is 1. The Kier molecular flexibility index (Phi) is 3.19. The molecular weight excluding hydrogens is 228 g/mol. The van der Waals surface area contributed by atoms with Gasteiger partial charge in [-0.1, -0.05) is 18.5 Å². The number of carboxylic acid groups (broad SMARTS) is 1. The first-order chi connectivity index (χ1) is 7.63. The highest BCUT2D eigenvalue weighted by molar-refractivity contribution is 6.30. The van der Waals surface area contributed by atoms with Crippen molar-refractivity contribution >= 4 is 17.6 Å². The molecule has 0 saturated heterocycles. The zero-order valence-electron chi connectivity index (χ0n) is 9.24. The highest BCUT2D eigenvalue weighted by Crippen LogP contribution is 2.35. The predicted molar refractivity (Wildman–Crippen MR) is 60.8 cm³/mol. The lowest BCUT2D eigenvalue weighted by Crippen LogP contribution is -2.19. The van der Waals surface area contributed by atoms with Crippen molar-refractivity contribution in [2.24, 2.45) is 0 Å². The minimum atomic E-state index is -0.770. The van der Waals surface area contributed by atoms with Crippen LogP contribution in [0.25, 0.3) is 0 Å². The van der Waals surface area contributed by atoms with E-state index in [1.165, 1.54) is 0 Å². The van der Waals surface area contributed by atoms with E-state index < -0.39 is 5.97 Å². The Bertz CT molecular complexity index is 414. The first-order valence-corrected chi connectivity index (χ1v) is 5.97. The number of aromatic nitrogens is 2.